The molecule has 0 fully saturated rings. The third-order valence-electron chi connectivity index (χ3n) is 3.24. The number of aromatic nitrogens is 3. The summed E-state index contributed by atoms with van der Waals surface area (Å²) in [6.45, 7) is 7.19. The Bertz CT molecular complexity index is 590. The lowest BCUT2D eigenvalue weighted by Gasteiger charge is -2.11. The van der Waals surface area contributed by atoms with Crippen LogP contribution in [0.2, 0.25) is 0 Å². The minimum atomic E-state index is 0.480. The van der Waals surface area contributed by atoms with E-state index in [2.05, 4.69) is 27.6 Å². The van der Waals surface area contributed by atoms with Crippen LogP contribution in [0.25, 0.3) is 11.0 Å². The van der Waals surface area contributed by atoms with Gasteiger partial charge in [-0.05, 0) is 26.3 Å². The van der Waals surface area contributed by atoms with Crippen LogP contribution in [0, 0.1) is 13.8 Å². The quantitative estimate of drug-likeness (QED) is 0.861. The summed E-state index contributed by atoms with van der Waals surface area (Å²) in [5.74, 6) is 1.65. The highest BCUT2D eigenvalue weighted by Crippen LogP contribution is 2.26. The van der Waals surface area contributed by atoms with E-state index in [0.717, 1.165) is 33.9 Å². The second-order valence-electron chi connectivity index (χ2n) is 4.34. The van der Waals surface area contributed by atoms with Crippen molar-refractivity contribution >= 4 is 16.9 Å². The Morgan fingerprint density at radius 2 is 1.95 bits per heavy atom. The van der Waals surface area contributed by atoms with Gasteiger partial charge in [-0.2, -0.15) is 0 Å². The van der Waals surface area contributed by atoms with E-state index in [1.54, 1.807) is 0 Å². The minimum Gasteiger partial charge on any atom is -0.374 e. The molecule has 0 unspecified atom stereocenters. The van der Waals surface area contributed by atoms with Crippen LogP contribution >= 0.6 is 0 Å². The molecule has 0 amide bonds. The number of imidazole rings is 1. The average molecular weight is 263 g/mol. The van der Waals surface area contributed by atoms with Gasteiger partial charge in [-0.3, -0.25) is 0 Å². The molecule has 104 valence electrons. The van der Waals surface area contributed by atoms with Gasteiger partial charge in [0.05, 0.1) is 5.52 Å². The smallest absolute Gasteiger partial charge is 0.154 e. The molecule has 2 aromatic rings. The van der Waals surface area contributed by atoms with Gasteiger partial charge in [0.2, 0.25) is 0 Å². The van der Waals surface area contributed by atoms with E-state index < -0.39 is 0 Å². The topological polar surface area (TPSA) is 64.0 Å². The fourth-order valence-corrected chi connectivity index (χ4v) is 2.16. The second-order valence-corrected chi connectivity index (χ2v) is 4.34. The Hall–Kier alpha value is -1.82. The summed E-state index contributed by atoms with van der Waals surface area (Å²) in [7, 11) is 3.74. The summed E-state index contributed by atoms with van der Waals surface area (Å²) in [6.07, 6.45) is 0. The van der Waals surface area contributed by atoms with E-state index in [0.29, 0.717) is 13.2 Å². The zero-order valence-corrected chi connectivity index (χ0v) is 12.2. The zero-order valence-electron chi connectivity index (χ0n) is 12.2. The number of pyridine rings is 1. The number of fused-ring (bicyclic) bond motifs is 1. The van der Waals surface area contributed by atoms with Gasteiger partial charge in [0.1, 0.15) is 12.1 Å². The first kappa shape index (κ1) is 13.6. The van der Waals surface area contributed by atoms with Crippen LogP contribution in [0.3, 0.4) is 0 Å². The Kier molecular flexibility index (Phi) is 3.90. The van der Waals surface area contributed by atoms with Crippen molar-refractivity contribution in [2.24, 2.45) is 0 Å². The predicted octanol–water partition coefficient (Wildman–Crippen LogP) is 1.80. The Morgan fingerprint density at radius 1 is 1.21 bits per heavy atom. The number of rotatable bonds is 5. The van der Waals surface area contributed by atoms with Crippen LogP contribution in [0.5, 0.6) is 0 Å². The molecule has 6 heteroatoms. The summed E-state index contributed by atoms with van der Waals surface area (Å²) in [6, 6.07) is 0. The van der Waals surface area contributed by atoms with E-state index in [-0.39, 0.29) is 0 Å². The van der Waals surface area contributed by atoms with Crippen LogP contribution in [0.15, 0.2) is 0 Å². The Balaban J connectivity index is 2.70. The van der Waals surface area contributed by atoms with Gasteiger partial charge in [0.25, 0.3) is 0 Å². The van der Waals surface area contributed by atoms with Crippen LogP contribution in [0.4, 0.5) is 5.82 Å². The molecule has 0 spiro atoms. The molecular weight excluding hydrogens is 242 g/mol. The van der Waals surface area contributed by atoms with Gasteiger partial charge < -0.3 is 15.5 Å². The molecule has 0 radical (unpaired) electrons. The summed E-state index contributed by atoms with van der Waals surface area (Å²) in [5, 5.41) is 3.10. The van der Waals surface area contributed by atoms with Crippen molar-refractivity contribution in [3.63, 3.8) is 0 Å². The average Bonchev–Trinajstić information content (AvgIpc) is 2.79. The number of anilines is 1. The zero-order chi connectivity index (χ0) is 14.0. The number of nitrogens with zero attached hydrogens (tertiary/aromatic N) is 3. The molecule has 0 aliphatic carbocycles. The number of aryl methyl sites for hydroxylation is 2. The fraction of sp³-hybridized carbons (Fsp3) is 0.538. The lowest BCUT2D eigenvalue weighted by atomic mass is 10.2. The largest absolute Gasteiger partial charge is 0.374 e. The third-order valence-corrected chi connectivity index (χ3v) is 3.24. The molecule has 6 nitrogen and oxygen atoms in total. The standard InChI is InChI=1S/C13H21N5O/c1-6-19-7-10-17-11-12(18(10)15-5)8(2)9(3)16-13(11)14-4/h15H,6-7H2,1-5H3,(H,14,16). The molecule has 2 aromatic heterocycles. The molecule has 2 N–H and O–H groups in total. The maximum Gasteiger partial charge on any atom is 0.154 e. The highest BCUT2D eigenvalue weighted by molar-refractivity contribution is 5.89. The van der Waals surface area contributed by atoms with Gasteiger partial charge in [0, 0.05) is 26.4 Å². The van der Waals surface area contributed by atoms with Crippen LogP contribution in [0.1, 0.15) is 24.0 Å². The van der Waals surface area contributed by atoms with E-state index >= 15 is 0 Å². The maximum absolute atomic E-state index is 5.47. The highest BCUT2D eigenvalue weighted by atomic mass is 16.5. The maximum atomic E-state index is 5.47. The van der Waals surface area contributed by atoms with E-state index in [1.807, 2.05) is 32.6 Å². The third kappa shape index (κ3) is 2.23. The molecule has 0 bridgehead atoms. The Morgan fingerprint density at radius 3 is 2.53 bits per heavy atom. The van der Waals surface area contributed by atoms with Gasteiger partial charge >= 0.3 is 0 Å². The molecule has 0 atom stereocenters. The Labute approximate surface area is 113 Å². The lowest BCUT2D eigenvalue weighted by Crippen LogP contribution is -2.14. The minimum absolute atomic E-state index is 0.480. The summed E-state index contributed by atoms with van der Waals surface area (Å²) in [4.78, 5) is 9.18. The van der Waals surface area contributed by atoms with Crippen molar-refractivity contribution in [1.82, 2.24) is 14.6 Å². The SMILES string of the molecule is CCOCc1nc2c(NC)nc(C)c(C)c2n1NC. The first-order valence-electron chi connectivity index (χ1n) is 6.45. The molecule has 0 aromatic carbocycles. The van der Waals surface area contributed by atoms with E-state index in [4.69, 9.17) is 4.74 Å². The van der Waals surface area contributed by atoms with E-state index in [9.17, 15) is 0 Å². The number of nitrogens with one attached hydrogen (secondary N) is 2. The predicted molar refractivity (Wildman–Crippen MR) is 77.2 cm³/mol. The number of hydrogen-bond donors (Lipinski definition) is 2. The van der Waals surface area contributed by atoms with Crippen molar-refractivity contribution in [2.45, 2.75) is 27.4 Å². The molecule has 0 saturated heterocycles. The van der Waals surface area contributed by atoms with Gasteiger partial charge in [-0.1, -0.05) is 0 Å². The second kappa shape index (κ2) is 5.44. The molecule has 2 heterocycles. The highest BCUT2D eigenvalue weighted by Gasteiger charge is 2.17. The molecule has 19 heavy (non-hydrogen) atoms. The molecule has 2 rings (SSSR count). The summed E-state index contributed by atoms with van der Waals surface area (Å²) in [5.41, 5.74) is 7.21. The van der Waals surface area contributed by atoms with Crippen molar-refractivity contribution in [3.8, 4) is 0 Å². The first-order valence-corrected chi connectivity index (χ1v) is 6.45. The summed E-state index contributed by atoms with van der Waals surface area (Å²) < 4.78 is 7.44. The van der Waals surface area contributed by atoms with Gasteiger partial charge in [0.15, 0.2) is 11.6 Å². The van der Waals surface area contributed by atoms with Gasteiger partial charge in [-0.15, -0.1) is 0 Å². The summed E-state index contributed by atoms with van der Waals surface area (Å²) >= 11 is 0. The fourth-order valence-electron chi connectivity index (χ4n) is 2.16. The van der Waals surface area contributed by atoms with Crippen molar-refractivity contribution in [2.75, 3.05) is 31.4 Å². The number of ether oxygens (including phenoxy) is 1. The molecule has 0 aliphatic rings. The first-order chi connectivity index (χ1) is 9.13. The van der Waals surface area contributed by atoms with Crippen LogP contribution < -0.4 is 10.7 Å². The monoisotopic (exact) mass is 263 g/mol. The van der Waals surface area contributed by atoms with Gasteiger partial charge in [-0.25, -0.2) is 14.6 Å². The molecular formula is C13H21N5O. The van der Waals surface area contributed by atoms with Crippen LogP contribution in [-0.4, -0.2) is 35.3 Å². The molecule has 0 aliphatic heterocycles. The molecule has 0 saturated carbocycles. The normalized spacial score (nSPS) is 11.0. The van der Waals surface area contributed by atoms with Crippen LogP contribution in [-0.2, 0) is 11.3 Å². The lowest BCUT2D eigenvalue weighted by molar-refractivity contribution is 0.127. The van der Waals surface area contributed by atoms with E-state index in [1.165, 1.54) is 0 Å². The number of hydrogen-bond acceptors (Lipinski definition) is 5. The van der Waals surface area contributed by atoms with Crippen molar-refractivity contribution < 1.29 is 4.74 Å². The van der Waals surface area contributed by atoms with Crippen molar-refractivity contribution in [3.05, 3.63) is 17.1 Å². The van der Waals surface area contributed by atoms with Crippen molar-refractivity contribution in [1.29, 1.82) is 0 Å².